The number of hydrogen-bond acceptors (Lipinski definition) is 2. The number of benzene rings is 1. The number of urea groups is 1. The Morgan fingerprint density at radius 3 is 2.53 bits per heavy atom. The number of ether oxygens (including phenoxy) is 1. The number of carbonyl (C=O) groups excluding carboxylic acids is 1. The van der Waals surface area contributed by atoms with Gasteiger partial charge in [0.1, 0.15) is 11.8 Å². The molecule has 1 atom stereocenters. The number of halogens is 1. The van der Waals surface area contributed by atoms with Crippen molar-refractivity contribution >= 4 is 17.6 Å². The van der Waals surface area contributed by atoms with Gasteiger partial charge in [-0.15, -0.1) is 0 Å². The average molecular weight is 253 g/mol. The van der Waals surface area contributed by atoms with E-state index in [4.69, 9.17) is 16.3 Å². The fourth-order valence-electron chi connectivity index (χ4n) is 1.84. The topological polar surface area (TPSA) is 50.4 Å². The zero-order chi connectivity index (χ0) is 12.4. The van der Waals surface area contributed by atoms with Crippen LogP contribution in [0, 0.1) is 0 Å². The third kappa shape index (κ3) is 2.36. The van der Waals surface area contributed by atoms with Crippen molar-refractivity contribution in [1.29, 1.82) is 0 Å². The maximum atomic E-state index is 11.4. The van der Waals surface area contributed by atoms with E-state index in [9.17, 15) is 4.79 Å². The SMILES string of the molecule is COC1=C(C)NC(=O)NC1c1ccc(Cl)cc1. The molecule has 0 aromatic heterocycles. The molecule has 1 aromatic carbocycles. The minimum absolute atomic E-state index is 0.233. The number of rotatable bonds is 2. The van der Waals surface area contributed by atoms with Gasteiger partial charge >= 0.3 is 6.03 Å². The highest BCUT2D eigenvalue weighted by molar-refractivity contribution is 6.30. The van der Waals surface area contributed by atoms with Gasteiger partial charge in [0.25, 0.3) is 0 Å². The van der Waals surface area contributed by atoms with Gasteiger partial charge in [0.2, 0.25) is 0 Å². The van der Waals surface area contributed by atoms with Gasteiger partial charge in [-0.2, -0.15) is 0 Å². The molecule has 2 rings (SSSR count). The third-order valence-electron chi connectivity index (χ3n) is 2.63. The zero-order valence-electron chi connectivity index (χ0n) is 9.58. The Hall–Kier alpha value is -1.68. The molecule has 2 N–H and O–H groups in total. The highest BCUT2D eigenvalue weighted by atomic mass is 35.5. The van der Waals surface area contributed by atoms with Crippen LogP contribution in [0.5, 0.6) is 0 Å². The number of hydrogen-bond donors (Lipinski definition) is 2. The smallest absolute Gasteiger partial charge is 0.319 e. The van der Waals surface area contributed by atoms with Gasteiger partial charge in [0.15, 0.2) is 0 Å². The molecule has 0 aliphatic carbocycles. The predicted octanol–water partition coefficient (Wildman–Crippen LogP) is 2.57. The molecule has 0 saturated carbocycles. The van der Waals surface area contributed by atoms with E-state index in [0.29, 0.717) is 10.8 Å². The third-order valence-corrected chi connectivity index (χ3v) is 2.88. The average Bonchev–Trinajstić information content (AvgIpc) is 2.29. The lowest BCUT2D eigenvalue weighted by Crippen LogP contribution is -2.43. The van der Waals surface area contributed by atoms with Gasteiger partial charge in [-0.1, -0.05) is 23.7 Å². The van der Waals surface area contributed by atoms with Gasteiger partial charge in [-0.25, -0.2) is 4.79 Å². The molecule has 1 aliphatic rings. The van der Waals surface area contributed by atoms with Gasteiger partial charge < -0.3 is 15.4 Å². The summed E-state index contributed by atoms with van der Waals surface area (Å²) in [6, 6.07) is 6.80. The van der Waals surface area contributed by atoms with Crippen LogP contribution in [0.15, 0.2) is 35.7 Å². The molecule has 0 fully saturated rings. The summed E-state index contributed by atoms with van der Waals surface area (Å²) in [5.74, 6) is 0.701. The molecule has 2 amide bonds. The second kappa shape index (κ2) is 4.67. The lowest BCUT2D eigenvalue weighted by Gasteiger charge is -2.28. The highest BCUT2D eigenvalue weighted by Gasteiger charge is 2.27. The normalized spacial score (nSPS) is 19.7. The van der Waals surface area contributed by atoms with Crippen molar-refractivity contribution in [3.63, 3.8) is 0 Å². The number of nitrogens with one attached hydrogen (secondary N) is 2. The Kier molecular flexibility index (Phi) is 3.24. The highest BCUT2D eigenvalue weighted by Crippen LogP contribution is 2.27. The van der Waals surface area contributed by atoms with Crippen LogP contribution in [0.25, 0.3) is 0 Å². The van der Waals surface area contributed by atoms with E-state index in [-0.39, 0.29) is 12.1 Å². The van der Waals surface area contributed by atoms with Crippen LogP contribution in [0.2, 0.25) is 5.02 Å². The largest absolute Gasteiger partial charge is 0.497 e. The van der Waals surface area contributed by atoms with E-state index in [2.05, 4.69) is 10.6 Å². The fourth-order valence-corrected chi connectivity index (χ4v) is 1.97. The number of carbonyl (C=O) groups is 1. The molecule has 1 aromatic rings. The summed E-state index contributed by atoms with van der Waals surface area (Å²) in [6.07, 6.45) is 0. The van der Waals surface area contributed by atoms with Crippen LogP contribution >= 0.6 is 11.6 Å². The summed E-state index contributed by atoms with van der Waals surface area (Å²) >= 11 is 5.84. The van der Waals surface area contributed by atoms with Crippen LogP contribution in [-0.4, -0.2) is 13.1 Å². The van der Waals surface area contributed by atoms with Gasteiger partial charge in [0, 0.05) is 5.02 Å². The molecule has 5 heteroatoms. The zero-order valence-corrected chi connectivity index (χ0v) is 10.3. The quantitative estimate of drug-likeness (QED) is 0.850. The summed E-state index contributed by atoms with van der Waals surface area (Å²) in [5, 5.41) is 6.14. The standard InChI is InChI=1S/C12H13ClN2O2/c1-7-11(17-2)10(15-12(16)14-7)8-3-5-9(13)6-4-8/h3-6,10H,1-2H3,(H2,14,15,16). The number of allylic oxidation sites excluding steroid dienone is 1. The van der Waals surface area contributed by atoms with E-state index >= 15 is 0 Å². The van der Waals surface area contributed by atoms with Crippen molar-refractivity contribution < 1.29 is 9.53 Å². The van der Waals surface area contributed by atoms with Crippen LogP contribution in [0.1, 0.15) is 18.5 Å². The van der Waals surface area contributed by atoms with Gasteiger partial charge in [-0.05, 0) is 24.6 Å². The second-order valence-corrected chi connectivity index (χ2v) is 4.21. The molecule has 0 saturated heterocycles. The summed E-state index contributed by atoms with van der Waals surface area (Å²) in [7, 11) is 1.58. The summed E-state index contributed by atoms with van der Waals surface area (Å²) < 4.78 is 5.32. The first-order valence-corrected chi connectivity index (χ1v) is 5.57. The molecule has 4 nitrogen and oxygen atoms in total. The fraction of sp³-hybridized carbons (Fsp3) is 0.250. The Labute approximate surface area is 105 Å². The van der Waals surface area contributed by atoms with Crippen molar-refractivity contribution in [2.75, 3.05) is 7.11 Å². The molecule has 1 unspecified atom stereocenters. The molecular formula is C12H13ClN2O2. The number of amides is 2. The van der Waals surface area contributed by atoms with Gasteiger partial charge in [0.05, 0.1) is 12.8 Å². The second-order valence-electron chi connectivity index (χ2n) is 3.78. The molecule has 0 radical (unpaired) electrons. The maximum absolute atomic E-state index is 11.4. The maximum Gasteiger partial charge on any atom is 0.319 e. The van der Waals surface area contributed by atoms with Crippen LogP contribution in [0.4, 0.5) is 4.79 Å². The molecule has 0 bridgehead atoms. The predicted molar refractivity (Wildman–Crippen MR) is 65.6 cm³/mol. The lowest BCUT2D eigenvalue weighted by atomic mass is 10.0. The van der Waals surface area contributed by atoms with E-state index in [0.717, 1.165) is 11.3 Å². The Morgan fingerprint density at radius 1 is 1.29 bits per heavy atom. The molecule has 17 heavy (non-hydrogen) atoms. The van der Waals surface area contributed by atoms with E-state index in [1.807, 2.05) is 12.1 Å². The van der Waals surface area contributed by atoms with E-state index < -0.39 is 0 Å². The van der Waals surface area contributed by atoms with Crippen molar-refractivity contribution in [2.45, 2.75) is 13.0 Å². The van der Waals surface area contributed by atoms with Crippen molar-refractivity contribution in [2.24, 2.45) is 0 Å². The first-order chi connectivity index (χ1) is 8.11. The summed E-state index contributed by atoms with van der Waals surface area (Å²) in [4.78, 5) is 11.4. The van der Waals surface area contributed by atoms with Crippen molar-refractivity contribution in [1.82, 2.24) is 10.6 Å². The van der Waals surface area contributed by atoms with Crippen LogP contribution in [0.3, 0.4) is 0 Å². The van der Waals surface area contributed by atoms with Crippen molar-refractivity contribution in [3.8, 4) is 0 Å². The van der Waals surface area contributed by atoms with Crippen LogP contribution in [-0.2, 0) is 4.74 Å². The van der Waals surface area contributed by atoms with E-state index in [1.54, 1.807) is 26.2 Å². The Bertz CT molecular complexity index is 468. The summed E-state index contributed by atoms with van der Waals surface area (Å²) in [6.45, 7) is 1.81. The molecule has 90 valence electrons. The van der Waals surface area contributed by atoms with Crippen LogP contribution < -0.4 is 10.6 Å². The minimum Gasteiger partial charge on any atom is -0.497 e. The van der Waals surface area contributed by atoms with Gasteiger partial charge in [-0.3, -0.25) is 0 Å². The monoisotopic (exact) mass is 252 g/mol. The molecule has 1 heterocycles. The first-order valence-electron chi connectivity index (χ1n) is 5.19. The molecule has 0 spiro atoms. The molecule has 1 aliphatic heterocycles. The lowest BCUT2D eigenvalue weighted by molar-refractivity contribution is 0.211. The number of methoxy groups -OCH3 is 1. The Balaban J connectivity index is 2.39. The Morgan fingerprint density at radius 2 is 1.94 bits per heavy atom. The summed E-state index contributed by atoms with van der Waals surface area (Å²) in [5.41, 5.74) is 1.65. The molecular weight excluding hydrogens is 240 g/mol. The first kappa shape index (κ1) is 11.8. The van der Waals surface area contributed by atoms with E-state index in [1.165, 1.54) is 0 Å². The minimum atomic E-state index is -0.272. The van der Waals surface area contributed by atoms with Crippen molar-refractivity contribution in [3.05, 3.63) is 46.3 Å².